The molecule has 3 heteroatoms. The number of likely N-dealkylation sites (N-methyl/N-ethyl adjacent to an activating group) is 1. The minimum Gasteiger partial charge on any atom is -0.394 e. The number of rotatable bonds is 3. The van der Waals surface area contributed by atoms with E-state index < -0.39 is 0 Å². The monoisotopic (exact) mass is 276 g/mol. The van der Waals surface area contributed by atoms with Gasteiger partial charge in [-0.15, -0.1) is 0 Å². The Bertz CT molecular complexity index is 414. The van der Waals surface area contributed by atoms with Gasteiger partial charge in [0.25, 0.3) is 0 Å². The fourth-order valence-corrected chi connectivity index (χ4v) is 2.77. The fourth-order valence-electron chi connectivity index (χ4n) is 2.77. The molecule has 0 spiro atoms. The highest BCUT2D eigenvalue weighted by Gasteiger charge is 2.23. The van der Waals surface area contributed by atoms with Crippen molar-refractivity contribution in [2.24, 2.45) is 0 Å². The molecule has 0 radical (unpaired) electrons. The van der Waals surface area contributed by atoms with Gasteiger partial charge < -0.3 is 10.0 Å². The first kappa shape index (κ1) is 15.5. The van der Waals surface area contributed by atoms with Crippen molar-refractivity contribution in [1.82, 2.24) is 9.80 Å². The first-order chi connectivity index (χ1) is 9.41. The zero-order chi connectivity index (χ0) is 14.8. The number of hydrogen-bond acceptors (Lipinski definition) is 3. The molecule has 1 saturated heterocycles. The van der Waals surface area contributed by atoms with Crippen LogP contribution in [0.15, 0.2) is 24.3 Å². The second kappa shape index (κ2) is 6.25. The van der Waals surface area contributed by atoms with Gasteiger partial charge in [-0.1, -0.05) is 45.0 Å². The van der Waals surface area contributed by atoms with E-state index in [4.69, 9.17) is 0 Å². The van der Waals surface area contributed by atoms with Crippen LogP contribution in [-0.2, 0) is 5.41 Å². The van der Waals surface area contributed by atoms with Crippen molar-refractivity contribution < 1.29 is 5.11 Å². The van der Waals surface area contributed by atoms with Crippen LogP contribution in [-0.4, -0.2) is 54.7 Å². The van der Waals surface area contributed by atoms with Crippen LogP contribution >= 0.6 is 0 Å². The molecule has 1 aliphatic rings. The molecule has 112 valence electrons. The second-order valence-electron chi connectivity index (χ2n) is 6.91. The Kier molecular flexibility index (Phi) is 4.84. The molecule has 2 rings (SSSR count). The molecule has 0 aromatic heterocycles. The maximum Gasteiger partial charge on any atom is 0.0628 e. The summed E-state index contributed by atoms with van der Waals surface area (Å²) >= 11 is 0. The summed E-state index contributed by atoms with van der Waals surface area (Å²) in [5.74, 6) is 0. The molecule has 1 unspecified atom stereocenters. The molecule has 20 heavy (non-hydrogen) atoms. The normalized spacial score (nSPS) is 20.1. The summed E-state index contributed by atoms with van der Waals surface area (Å²) < 4.78 is 0. The molecule has 0 aliphatic carbocycles. The summed E-state index contributed by atoms with van der Waals surface area (Å²) in [6.07, 6.45) is 0. The zero-order valence-corrected chi connectivity index (χ0v) is 13.3. The summed E-state index contributed by atoms with van der Waals surface area (Å²) in [4.78, 5) is 4.74. The molecule has 0 bridgehead atoms. The molecule has 1 aliphatic heterocycles. The summed E-state index contributed by atoms with van der Waals surface area (Å²) in [5, 5.41) is 9.77. The minimum absolute atomic E-state index is 0.137. The van der Waals surface area contributed by atoms with Crippen molar-refractivity contribution in [3.05, 3.63) is 35.4 Å². The maximum atomic E-state index is 9.77. The van der Waals surface area contributed by atoms with E-state index in [9.17, 15) is 5.11 Å². The van der Waals surface area contributed by atoms with Crippen LogP contribution in [0.2, 0.25) is 0 Å². The summed E-state index contributed by atoms with van der Waals surface area (Å²) in [5.41, 5.74) is 2.75. The van der Waals surface area contributed by atoms with Gasteiger partial charge in [0, 0.05) is 26.2 Å². The predicted molar refractivity (Wildman–Crippen MR) is 84.0 cm³/mol. The summed E-state index contributed by atoms with van der Waals surface area (Å²) in [6.45, 7) is 11.1. The number of aliphatic hydroxyl groups is 1. The Labute approximate surface area is 123 Å². The number of hydrogen-bond donors (Lipinski definition) is 1. The van der Waals surface area contributed by atoms with E-state index in [-0.39, 0.29) is 18.1 Å². The lowest BCUT2D eigenvalue weighted by Crippen LogP contribution is -2.46. The van der Waals surface area contributed by atoms with Gasteiger partial charge in [0.05, 0.1) is 12.6 Å². The van der Waals surface area contributed by atoms with Gasteiger partial charge in [-0.3, -0.25) is 4.90 Å². The fraction of sp³-hybridized carbons (Fsp3) is 0.647. The third kappa shape index (κ3) is 3.60. The van der Waals surface area contributed by atoms with Gasteiger partial charge in [-0.2, -0.15) is 0 Å². The Hall–Kier alpha value is -0.900. The quantitative estimate of drug-likeness (QED) is 0.917. The molecule has 1 N–H and O–H groups in total. The van der Waals surface area contributed by atoms with Gasteiger partial charge in [-0.25, -0.2) is 0 Å². The first-order valence-electron chi connectivity index (χ1n) is 7.55. The predicted octanol–water partition coefficient (Wildman–Crippen LogP) is 2.26. The van der Waals surface area contributed by atoms with Crippen molar-refractivity contribution in [3.63, 3.8) is 0 Å². The van der Waals surface area contributed by atoms with Gasteiger partial charge in [0.15, 0.2) is 0 Å². The molecule has 1 aromatic rings. The molecular formula is C17H28N2O. The molecule has 3 nitrogen and oxygen atoms in total. The lowest BCUT2D eigenvalue weighted by molar-refractivity contribution is 0.0748. The van der Waals surface area contributed by atoms with E-state index in [0.29, 0.717) is 0 Å². The lowest BCUT2D eigenvalue weighted by atomic mass is 9.86. The largest absolute Gasteiger partial charge is 0.394 e. The minimum atomic E-state index is 0.137. The molecular weight excluding hydrogens is 248 g/mol. The highest BCUT2D eigenvalue weighted by atomic mass is 16.3. The average molecular weight is 276 g/mol. The molecule has 0 saturated carbocycles. The standard InChI is InChI=1S/C17H28N2O/c1-17(2,3)15-7-5-14(6-8-15)16(13-20)19-11-9-18(4)10-12-19/h5-8,16,20H,9-13H2,1-4H3. The Morgan fingerprint density at radius 3 is 2.05 bits per heavy atom. The van der Waals surface area contributed by atoms with Crippen LogP contribution in [0.4, 0.5) is 0 Å². The van der Waals surface area contributed by atoms with Crippen LogP contribution in [0.5, 0.6) is 0 Å². The number of piperazine rings is 1. The van der Waals surface area contributed by atoms with Gasteiger partial charge in [0.2, 0.25) is 0 Å². The van der Waals surface area contributed by atoms with Gasteiger partial charge in [-0.05, 0) is 23.6 Å². The molecule has 1 atom stereocenters. The Morgan fingerprint density at radius 1 is 1.05 bits per heavy atom. The van der Waals surface area contributed by atoms with Crippen LogP contribution < -0.4 is 0 Å². The SMILES string of the molecule is CN1CCN(C(CO)c2ccc(C(C)(C)C)cc2)CC1. The van der Waals surface area contributed by atoms with Gasteiger partial charge in [0.1, 0.15) is 0 Å². The van der Waals surface area contributed by atoms with Crippen molar-refractivity contribution in [3.8, 4) is 0 Å². The van der Waals surface area contributed by atoms with E-state index in [1.54, 1.807) is 0 Å². The first-order valence-corrected chi connectivity index (χ1v) is 7.55. The highest BCUT2D eigenvalue weighted by Crippen LogP contribution is 2.26. The van der Waals surface area contributed by atoms with Crippen LogP contribution in [0.1, 0.15) is 37.9 Å². The van der Waals surface area contributed by atoms with Gasteiger partial charge >= 0.3 is 0 Å². The molecule has 1 fully saturated rings. The smallest absolute Gasteiger partial charge is 0.0628 e. The van der Waals surface area contributed by atoms with E-state index >= 15 is 0 Å². The molecule has 1 heterocycles. The summed E-state index contributed by atoms with van der Waals surface area (Å²) in [7, 11) is 2.16. The zero-order valence-electron chi connectivity index (χ0n) is 13.3. The third-order valence-corrected chi connectivity index (χ3v) is 4.31. The number of aliphatic hydroxyl groups excluding tert-OH is 1. The van der Waals surface area contributed by atoms with Crippen molar-refractivity contribution in [2.45, 2.75) is 32.2 Å². The maximum absolute atomic E-state index is 9.77. The molecule has 0 amide bonds. The van der Waals surface area contributed by atoms with Crippen molar-refractivity contribution in [1.29, 1.82) is 0 Å². The number of benzene rings is 1. The van der Waals surface area contributed by atoms with Crippen LogP contribution in [0.25, 0.3) is 0 Å². The van der Waals surface area contributed by atoms with Crippen molar-refractivity contribution in [2.75, 3.05) is 39.8 Å². The second-order valence-corrected chi connectivity index (χ2v) is 6.91. The Balaban J connectivity index is 2.11. The van der Waals surface area contributed by atoms with E-state index in [1.807, 2.05) is 0 Å². The van der Waals surface area contributed by atoms with E-state index in [1.165, 1.54) is 11.1 Å². The average Bonchev–Trinajstić information content (AvgIpc) is 2.41. The van der Waals surface area contributed by atoms with Crippen LogP contribution in [0.3, 0.4) is 0 Å². The third-order valence-electron chi connectivity index (χ3n) is 4.31. The van der Waals surface area contributed by atoms with Crippen molar-refractivity contribution >= 4 is 0 Å². The molecule has 1 aromatic carbocycles. The van der Waals surface area contributed by atoms with Crippen LogP contribution in [0, 0.1) is 0 Å². The number of nitrogens with zero attached hydrogens (tertiary/aromatic N) is 2. The summed E-state index contributed by atoms with van der Waals surface area (Å²) in [6, 6.07) is 8.90. The Morgan fingerprint density at radius 2 is 1.60 bits per heavy atom. The topological polar surface area (TPSA) is 26.7 Å². The highest BCUT2D eigenvalue weighted by molar-refractivity contribution is 5.29. The van der Waals surface area contributed by atoms with E-state index in [0.717, 1.165) is 26.2 Å². The van der Waals surface area contributed by atoms with E-state index in [2.05, 4.69) is 61.9 Å². The lowest BCUT2D eigenvalue weighted by Gasteiger charge is -2.37.